The van der Waals surface area contributed by atoms with E-state index in [1.165, 1.54) is 6.92 Å². The molecule has 76 valence electrons. The highest BCUT2D eigenvalue weighted by molar-refractivity contribution is 6.00. The van der Waals surface area contributed by atoms with Gasteiger partial charge in [-0.25, -0.2) is 8.78 Å². The van der Waals surface area contributed by atoms with Crippen molar-refractivity contribution < 1.29 is 13.6 Å². The van der Waals surface area contributed by atoms with Crippen molar-refractivity contribution >= 4 is 5.78 Å². The van der Waals surface area contributed by atoms with Gasteiger partial charge in [0.25, 0.3) is 0 Å². The number of benzene rings is 1. The molecule has 2 nitrogen and oxygen atoms in total. The van der Waals surface area contributed by atoms with E-state index in [0.717, 1.165) is 12.1 Å². The van der Waals surface area contributed by atoms with Crippen molar-refractivity contribution in [3.8, 4) is 0 Å². The molecular weight excluding hydrogens is 188 g/mol. The minimum absolute atomic E-state index is 0.432. The van der Waals surface area contributed by atoms with E-state index in [2.05, 4.69) is 0 Å². The summed E-state index contributed by atoms with van der Waals surface area (Å²) in [6, 6.07) is 1.32. The maximum Gasteiger partial charge on any atom is 0.185 e. The van der Waals surface area contributed by atoms with Gasteiger partial charge < -0.3 is 5.73 Å². The van der Waals surface area contributed by atoms with Crippen LogP contribution >= 0.6 is 0 Å². The van der Waals surface area contributed by atoms with Gasteiger partial charge in [-0.3, -0.25) is 4.79 Å². The van der Waals surface area contributed by atoms with Crippen molar-refractivity contribution in [3.05, 3.63) is 34.9 Å². The van der Waals surface area contributed by atoms with Crippen molar-refractivity contribution in [2.24, 2.45) is 5.73 Å². The van der Waals surface area contributed by atoms with Crippen LogP contribution in [0.4, 0.5) is 8.78 Å². The highest BCUT2D eigenvalue weighted by Gasteiger charge is 2.20. The lowest BCUT2D eigenvalue weighted by atomic mass is 10.0. The van der Waals surface area contributed by atoms with Crippen LogP contribution in [0.5, 0.6) is 0 Å². The molecule has 0 amide bonds. The summed E-state index contributed by atoms with van der Waals surface area (Å²) in [6.07, 6.45) is 0. The second-order valence-corrected chi connectivity index (χ2v) is 3.26. The molecule has 1 aromatic carbocycles. The van der Waals surface area contributed by atoms with Crippen molar-refractivity contribution in [2.45, 2.75) is 19.9 Å². The second-order valence-electron chi connectivity index (χ2n) is 3.26. The first kappa shape index (κ1) is 10.8. The lowest BCUT2D eigenvalue weighted by Crippen LogP contribution is -2.28. The number of hydrogen-bond donors (Lipinski definition) is 1. The Morgan fingerprint density at radius 3 is 2.14 bits per heavy atom. The number of ketones is 1. The van der Waals surface area contributed by atoms with Crippen molar-refractivity contribution in [1.82, 2.24) is 0 Å². The molecule has 0 spiro atoms. The molecule has 1 atom stereocenters. The Bertz CT molecular complexity index is 351. The Hall–Kier alpha value is -1.29. The van der Waals surface area contributed by atoms with Crippen LogP contribution in [-0.4, -0.2) is 11.8 Å². The minimum atomic E-state index is -0.901. The SMILES string of the molecule is Cc1cc(F)c(C(=O)C(C)N)c(F)c1. The Balaban J connectivity index is 3.28. The number of carbonyl (C=O) groups excluding carboxylic acids is 1. The molecule has 0 bridgehead atoms. The molecule has 4 heteroatoms. The monoisotopic (exact) mass is 199 g/mol. The Morgan fingerprint density at radius 1 is 1.36 bits per heavy atom. The number of halogens is 2. The van der Waals surface area contributed by atoms with Crippen LogP contribution in [0, 0.1) is 18.6 Å². The molecular formula is C10H11F2NO. The maximum absolute atomic E-state index is 13.2. The third-order valence-corrected chi connectivity index (χ3v) is 1.85. The van der Waals surface area contributed by atoms with Gasteiger partial charge in [0.1, 0.15) is 11.6 Å². The van der Waals surface area contributed by atoms with E-state index >= 15 is 0 Å². The van der Waals surface area contributed by atoms with Crippen LogP contribution in [0.3, 0.4) is 0 Å². The molecule has 14 heavy (non-hydrogen) atoms. The summed E-state index contributed by atoms with van der Waals surface area (Å²) in [5.41, 5.74) is 5.14. The lowest BCUT2D eigenvalue weighted by Gasteiger charge is -2.07. The van der Waals surface area contributed by atoms with E-state index in [1.54, 1.807) is 6.92 Å². The van der Waals surface area contributed by atoms with Gasteiger partial charge in [0, 0.05) is 0 Å². The van der Waals surface area contributed by atoms with Gasteiger partial charge in [0.15, 0.2) is 5.78 Å². The third kappa shape index (κ3) is 1.96. The number of carbonyl (C=O) groups is 1. The van der Waals surface area contributed by atoms with Gasteiger partial charge in [0.05, 0.1) is 11.6 Å². The standard InChI is InChI=1S/C10H11F2NO/c1-5-3-7(11)9(8(12)4-5)10(14)6(2)13/h3-4,6H,13H2,1-2H3. The van der Waals surface area contributed by atoms with Crippen molar-refractivity contribution in [1.29, 1.82) is 0 Å². The van der Waals surface area contributed by atoms with Gasteiger partial charge in [-0.05, 0) is 31.5 Å². The zero-order chi connectivity index (χ0) is 10.9. The van der Waals surface area contributed by atoms with Crippen LogP contribution in [0.1, 0.15) is 22.8 Å². The predicted molar refractivity (Wildman–Crippen MR) is 49.1 cm³/mol. The first-order chi connectivity index (χ1) is 6.43. The van der Waals surface area contributed by atoms with Crippen LogP contribution in [0.2, 0.25) is 0 Å². The molecule has 0 fully saturated rings. The topological polar surface area (TPSA) is 43.1 Å². The highest BCUT2D eigenvalue weighted by Crippen LogP contribution is 2.16. The zero-order valence-electron chi connectivity index (χ0n) is 7.97. The van der Waals surface area contributed by atoms with Crippen LogP contribution in [0.25, 0.3) is 0 Å². The van der Waals surface area contributed by atoms with Crippen molar-refractivity contribution in [2.75, 3.05) is 0 Å². The highest BCUT2D eigenvalue weighted by atomic mass is 19.1. The second kappa shape index (κ2) is 3.84. The summed E-state index contributed by atoms with van der Waals surface area (Å²) in [6.45, 7) is 2.94. The van der Waals surface area contributed by atoms with Gasteiger partial charge in [-0.15, -0.1) is 0 Å². The predicted octanol–water partition coefficient (Wildman–Crippen LogP) is 1.80. The molecule has 0 saturated carbocycles. The molecule has 1 rings (SSSR count). The van der Waals surface area contributed by atoms with Gasteiger partial charge in [0.2, 0.25) is 0 Å². The fourth-order valence-electron chi connectivity index (χ4n) is 1.16. The fraction of sp³-hybridized carbons (Fsp3) is 0.300. The molecule has 0 aliphatic rings. The molecule has 2 N–H and O–H groups in total. The number of aryl methyl sites for hydroxylation is 1. The van der Waals surface area contributed by atoms with Crippen LogP contribution < -0.4 is 5.73 Å². The van der Waals surface area contributed by atoms with Gasteiger partial charge in [-0.1, -0.05) is 0 Å². The first-order valence-corrected chi connectivity index (χ1v) is 4.19. The number of Topliss-reactive ketones (excluding diaryl/α,β-unsaturated/α-hetero) is 1. The largest absolute Gasteiger partial charge is 0.321 e. The third-order valence-electron chi connectivity index (χ3n) is 1.85. The van der Waals surface area contributed by atoms with Gasteiger partial charge >= 0.3 is 0 Å². The maximum atomic E-state index is 13.2. The summed E-state index contributed by atoms with van der Waals surface area (Å²) in [4.78, 5) is 11.3. The molecule has 0 saturated heterocycles. The number of nitrogens with two attached hydrogens (primary N) is 1. The van der Waals surface area contributed by atoms with Gasteiger partial charge in [-0.2, -0.15) is 0 Å². The summed E-state index contributed by atoms with van der Waals surface area (Å²) in [5, 5.41) is 0. The van der Waals surface area contributed by atoms with E-state index in [0.29, 0.717) is 5.56 Å². The van der Waals surface area contributed by atoms with E-state index in [9.17, 15) is 13.6 Å². The molecule has 0 aliphatic carbocycles. The van der Waals surface area contributed by atoms with E-state index < -0.39 is 29.0 Å². The molecule has 1 aromatic rings. The zero-order valence-corrected chi connectivity index (χ0v) is 7.97. The number of rotatable bonds is 2. The van der Waals surface area contributed by atoms with Crippen LogP contribution in [0.15, 0.2) is 12.1 Å². The van der Waals surface area contributed by atoms with E-state index in [4.69, 9.17) is 5.73 Å². The number of hydrogen-bond acceptors (Lipinski definition) is 2. The fourth-order valence-corrected chi connectivity index (χ4v) is 1.16. The van der Waals surface area contributed by atoms with Crippen molar-refractivity contribution in [3.63, 3.8) is 0 Å². The Labute approximate surface area is 80.7 Å². The smallest absolute Gasteiger partial charge is 0.185 e. The Kier molecular flexibility index (Phi) is 2.96. The van der Waals surface area contributed by atoms with Crippen LogP contribution in [-0.2, 0) is 0 Å². The quantitative estimate of drug-likeness (QED) is 0.738. The minimum Gasteiger partial charge on any atom is -0.321 e. The molecule has 1 unspecified atom stereocenters. The average molecular weight is 199 g/mol. The normalized spacial score (nSPS) is 12.6. The lowest BCUT2D eigenvalue weighted by molar-refractivity contribution is 0.0959. The summed E-state index contributed by atoms with van der Waals surface area (Å²) >= 11 is 0. The summed E-state index contributed by atoms with van der Waals surface area (Å²) in [5.74, 6) is -2.44. The molecule has 0 heterocycles. The molecule has 0 aromatic heterocycles. The first-order valence-electron chi connectivity index (χ1n) is 4.19. The summed E-state index contributed by atoms with van der Waals surface area (Å²) < 4.78 is 26.4. The van der Waals surface area contributed by atoms with E-state index in [-0.39, 0.29) is 0 Å². The van der Waals surface area contributed by atoms with E-state index in [1.807, 2.05) is 0 Å². The molecule has 0 aliphatic heterocycles. The summed E-state index contributed by atoms with van der Waals surface area (Å²) in [7, 11) is 0. The average Bonchev–Trinajstić information content (AvgIpc) is 2.01. The molecule has 0 radical (unpaired) electrons. The Morgan fingerprint density at radius 2 is 1.79 bits per heavy atom.